The quantitative estimate of drug-likeness (QED) is 0.541. The summed E-state index contributed by atoms with van der Waals surface area (Å²) in [5, 5.41) is 23.7. The van der Waals surface area contributed by atoms with Crippen LogP contribution >= 0.6 is 0 Å². The Labute approximate surface area is 219 Å². The summed E-state index contributed by atoms with van der Waals surface area (Å²) in [6, 6.07) is 23.2. The van der Waals surface area contributed by atoms with Gasteiger partial charge in [0.15, 0.2) is 11.5 Å². The Morgan fingerprint density at radius 1 is 1.03 bits per heavy atom. The number of phenols is 1. The van der Waals surface area contributed by atoms with Gasteiger partial charge in [-0.3, -0.25) is 4.90 Å². The van der Waals surface area contributed by atoms with Crippen molar-refractivity contribution in [3.63, 3.8) is 0 Å². The van der Waals surface area contributed by atoms with E-state index in [1.54, 1.807) is 6.07 Å². The molecule has 5 nitrogen and oxygen atoms in total. The van der Waals surface area contributed by atoms with Gasteiger partial charge in [-0.1, -0.05) is 54.6 Å². The zero-order valence-corrected chi connectivity index (χ0v) is 21.7. The monoisotopic (exact) mass is 496 g/mol. The summed E-state index contributed by atoms with van der Waals surface area (Å²) in [6.07, 6.45) is 3.98. The number of hydrogen-bond acceptors (Lipinski definition) is 5. The molecular weight excluding hydrogens is 460 g/mol. The van der Waals surface area contributed by atoms with Gasteiger partial charge in [0.05, 0.1) is 17.1 Å². The maximum atomic E-state index is 12.8. The van der Waals surface area contributed by atoms with Gasteiger partial charge in [-0.05, 0) is 74.4 Å². The fourth-order valence-corrected chi connectivity index (χ4v) is 8.32. The number of likely N-dealkylation sites (tertiary alicyclic amines) is 1. The minimum atomic E-state index is -0.887. The molecule has 5 heteroatoms. The largest absolute Gasteiger partial charge is 0.504 e. The molecule has 192 valence electrons. The Morgan fingerprint density at radius 3 is 2.62 bits per heavy atom. The fourth-order valence-electron chi connectivity index (χ4n) is 8.32. The first-order valence-corrected chi connectivity index (χ1v) is 13.7. The molecule has 2 fully saturated rings. The summed E-state index contributed by atoms with van der Waals surface area (Å²) in [4.78, 5) is 4.90. The smallest absolute Gasteiger partial charge is 0.165 e. The second-order valence-corrected chi connectivity index (χ2v) is 11.6. The van der Waals surface area contributed by atoms with Crippen molar-refractivity contribution in [3.8, 4) is 11.5 Å². The third kappa shape index (κ3) is 3.10. The highest BCUT2D eigenvalue weighted by Crippen LogP contribution is 2.65. The van der Waals surface area contributed by atoms with Crippen LogP contribution in [0.2, 0.25) is 0 Å². The van der Waals surface area contributed by atoms with Crippen LogP contribution in [0.1, 0.15) is 41.5 Å². The number of anilines is 1. The highest BCUT2D eigenvalue weighted by Gasteiger charge is 2.73. The number of likely N-dealkylation sites (N-methyl/N-ethyl adjacent to an activating group) is 1. The van der Waals surface area contributed by atoms with Crippen LogP contribution in [0.4, 0.5) is 5.69 Å². The molecule has 2 aliphatic carbocycles. The first-order valence-electron chi connectivity index (χ1n) is 13.7. The molecule has 2 bridgehead atoms. The maximum absolute atomic E-state index is 12.8. The fraction of sp³-hybridized carbons (Fsp3) is 0.438. The van der Waals surface area contributed by atoms with Crippen LogP contribution in [0, 0.1) is 6.92 Å². The third-order valence-corrected chi connectivity index (χ3v) is 10.1. The predicted octanol–water partition coefficient (Wildman–Crippen LogP) is 4.60. The van der Waals surface area contributed by atoms with E-state index in [1.807, 2.05) is 0 Å². The first-order chi connectivity index (χ1) is 17.9. The summed E-state index contributed by atoms with van der Waals surface area (Å²) < 4.78 is 6.76. The van der Waals surface area contributed by atoms with Gasteiger partial charge in [0.2, 0.25) is 0 Å². The van der Waals surface area contributed by atoms with E-state index in [2.05, 4.69) is 84.4 Å². The lowest BCUT2D eigenvalue weighted by atomic mass is 9.48. The van der Waals surface area contributed by atoms with Crippen LogP contribution < -0.4 is 9.64 Å². The number of benzene rings is 3. The van der Waals surface area contributed by atoms with Crippen LogP contribution in [-0.2, 0) is 18.3 Å². The first kappa shape index (κ1) is 23.1. The van der Waals surface area contributed by atoms with Crippen molar-refractivity contribution in [1.29, 1.82) is 0 Å². The van der Waals surface area contributed by atoms with E-state index in [-0.39, 0.29) is 23.9 Å². The number of phenolic OH excluding ortho intramolecular Hbond substituents is 1. The molecule has 3 aromatic rings. The summed E-state index contributed by atoms with van der Waals surface area (Å²) in [5.41, 5.74) is 4.69. The van der Waals surface area contributed by atoms with E-state index in [1.165, 1.54) is 22.4 Å². The molecule has 4 aliphatic rings. The van der Waals surface area contributed by atoms with Gasteiger partial charge < -0.3 is 19.8 Å². The Bertz CT molecular complexity index is 1340. The van der Waals surface area contributed by atoms with Crippen molar-refractivity contribution in [3.05, 3.63) is 89.0 Å². The van der Waals surface area contributed by atoms with E-state index >= 15 is 0 Å². The van der Waals surface area contributed by atoms with E-state index in [4.69, 9.17) is 4.74 Å². The lowest BCUT2D eigenvalue weighted by Crippen LogP contribution is -2.78. The zero-order valence-electron chi connectivity index (χ0n) is 21.7. The molecule has 2 N–H and O–H groups in total. The molecule has 1 spiro atoms. The van der Waals surface area contributed by atoms with Gasteiger partial charge in [-0.15, -0.1) is 0 Å². The predicted molar refractivity (Wildman–Crippen MR) is 146 cm³/mol. The second-order valence-electron chi connectivity index (χ2n) is 11.6. The Kier molecular flexibility index (Phi) is 5.15. The lowest BCUT2D eigenvalue weighted by Gasteiger charge is -2.65. The molecule has 1 saturated carbocycles. The Hall–Kier alpha value is -3.02. The van der Waals surface area contributed by atoms with E-state index in [0.29, 0.717) is 5.75 Å². The Morgan fingerprint density at radius 2 is 1.81 bits per heavy atom. The number of aromatic hydroxyl groups is 1. The number of hydrogen-bond donors (Lipinski definition) is 2. The van der Waals surface area contributed by atoms with Crippen molar-refractivity contribution in [2.45, 2.75) is 68.2 Å². The van der Waals surface area contributed by atoms with Crippen LogP contribution in [0.25, 0.3) is 0 Å². The van der Waals surface area contributed by atoms with Gasteiger partial charge in [0.25, 0.3) is 0 Å². The van der Waals surface area contributed by atoms with Crippen molar-refractivity contribution >= 4 is 5.69 Å². The molecule has 3 aromatic carbocycles. The molecule has 7 rings (SSSR count). The molecule has 2 aliphatic heterocycles. The van der Waals surface area contributed by atoms with E-state index in [0.717, 1.165) is 50.8 Å². The number of rotatable bonds is 5. The van der Waals surface area contributed by atoms with Gasteiger partial charge in [-0.2, -0.15) is 0 Å². The van der Waals surface area contributed by atoms with Crippen LogP contribution in [0.15, 0.2) is 66.7 Å². The average Bonchev–Trinajstić information content (AvgIpc) is 3.26. The molecule has 5 atom stereocenters. The standard InChI is InChI=1S/C32H36N2O3/c1-21-8-6-7-11-24(21)33(2)25-14-16-32(36)27-20-23-12-13-26(35)29-28(23)31(32,30(25)37-29)17-19-34(27)18-15-22-9-4-3-5-10-22/h3-13,25,27,30,35-36H,14-20H2,1-2H3/t25?,27-,30+,31+,32-/m1/s1. The number of aliphatic hydroxyl groups is 1. The zero-order chi connectivity index (χ0) is 25.4. The lowest BCUT2D eigenvalue weighted by molar-refractivity contribution is -0.188. The number of nitrogens with zero attached hydrogens (tertiary/aromatic N) is 2. The molecule has 0 amide bonds. The minimum Gasteiger partial charge on any atom is -0.504 e. The average molecular weight is 497 g/mol. The third-order valence-electron chi connectivity index (χ3n) is 10.1. The number of ether oxygens (including phenoxy) is 1. The van der Waals surface area contributed by atoms with Crippen molar-refractivity contribution in [2.24, 2.45) is 0 Å². The molecule has 1 unspecified atom stereocenters. The molecular formula is C32H36N2O3. The van der Waals surface area contributed by atoms with Gasteiger partial charge in [0, 0.05) is 30.9 Å². The van der Waals surface area contributed by atoms with Crippen molar-refractivity contribution in [1.82, 2.24) is 4.90 Å². The number of para-hydroxylation sites is 1. The molecule has 37 heavy (non-hydrogen) atoms. The molecule has 1 saturated heterocycles. The highest BCUT2D eigenvalue weighted by molar-refractivity contribution is 5.64. The maximum Gasteiger partial charge on any atom is 0.165 e. The normalized spacial score (nSPS) is 31.5. The number of piperidine rings is 1. The van der Waals surface area contributed by atoms with E-state index < -0.39 is 11.0 Å². The highest BCUT2D eigenvalue weighted by atomic mass is 16.5. The topological polar surface area (TPSA) is 56.2 Å². The molecule has 2 heterocycles. The van der Waals surface area contributed by atoms with Gasteiger partial charge in [0.1, 0.15) is 6.10 Å². The van der Waals surface area contributed by atoms with Gasteiger partial charge >= 0.3 is 0 Å². The SMILES string of the molecule is Cc1ccccc1N(C)C1CC[C@@]2(O)[C@H]3Cc4ccc(O)c5c4[C@@]2(CCN3CCc2ccccc2)[C@H]1O5. The van der Waals surface area contributed by atoms with Crippen LogP contribution in [0.5, 0.6) is 11.5 Å². The van der Waals surface area contributed by atoms with E-state index in [9.17, 15) is 10.2 Å². The second kappa shape index (κ2) is 8.24. The van der Waals surface area contributed by atoms with Crippen LogP contribution in [0.3, 0.4) is 0 Å². The van der Waals surface area contributed by atoms with Crippen molar-refractivity contribution in [2.75, 3.05) is 25.0 Å². The Balaban J connectivity index is 1.30. The summed E-state index contributed by atoms with van der Waals surface area (Å²) >= 11 is 0. The number of aryl methyl sites for hydroxylation is 1. The van der Waals surface area contributed by atoms with Crippen molar-refractivity contribution < 1.29 is 14.9 Å². The summed E-state index contributed by atoms with van der Waals surface area (Å²) in [6.45, 7) is 4.01. The summed E-state index contributed by atoms with van der Waals surface area (Å²) in [7, 11) is 2.16. The summed E-state index contributed by atoms with van der Waals surface area (Å²) in [5.74, 6) is 0.814. The minimum absolute atomic E-state index is 0.0452. The molecule has 0 aromatic heterocycles. The van der Waals surface area contributed by atoms with Crippen LogP contribution in [-0.4, -0.2) is 59.0 Å². The molecule has 0 radical (unpaired) electrons. The van der Waals surface area contributed by atoms with Gasteiger partial charge in [-0.25, -0.2) is 0 Å².